The lowest BCUT2D eigenvalue weighted by molar-refractivity contribution is 0.0995. The summed E-state index contributed by atoms with van der Waals surface area (Å²) < 4.78 is 2.93. The average molecular weight is 429 g/mol. The first-order valence-electron chi connectivity index (χ1n) is 10.3. The lowest BCUT2D eigenvalue weighted by atomic mass is 9.91. The molecular formula is C19H27N9O3. The third-order valence-electron chi connectivity index (χ3n) is 5.46. The van der Waals surface area contributed by atoms with Crippen molar-refractivity contribution in [3.8, 4) is 0 Å². The van der Waals surface area contributed by atoms with Crippen molar-refractivity contribution in [1.29, 1.82) is 0 Å². The zero-order valence-corrected chi connectivity index (χ0v) is 17.0. The van der Waals surface area contributed by atoms with Gasteiger partial charge in [-0.25, -0.2) is 9.50 Å². The maximum absolute atomic E-state index is 11.7. The van der Waals surface area contributed by atoms with Gasteiger partial charge in [-0.1, -0.05) is 12.8 Å². The SMILES string of the molecule is NC(=O)c1nn(CCO)cc1NC(O)c1cnn2ccc(N[C@@H]3CCCC[C@@H]3N)nc12. The van der Waals surface area contributed by atoms with Gasteiger partial charge in [-0.3, -0.25) is 9.48 Å². The van der Waals surface area contributed by atoms with Crippen LogP contribution in [0.25, 0.3) is 5.65 Å². The number of nitrogens with zero attached hydrogens (tertiary/aromatic N) is 5. The number of aliphatic hydroxyl groups is 2. The lowest BCUT2D eigenvalue weighted by Crippen LogP contribution is -2.42. The molecule has 0 aliphatic heterocycles. The van der Waals surface area contributed by atoms with Crippen LogP contribution < -0.4 is 22.1 Å². The molecule has 0 spiro atoms. The lowest BCUT2D eigenvalue weighted by Gasteiger charge is -2.29. The topological polar surface area (TPSA) is 182 Å². The first-order valence-corrected chi connectivity index (χ1v) is 10.3. The van der Waals surface area contributed by atoms with Crippen LogP contribution in [0.1, 0.15) is 48.0 Å². The number of carbonyl (C=O) groups excluding carboxylic acids is 1. The molecule has 1 aliphatic carbocycles. The van der Waals surface area contributed by atoms with E-state index in [1.165, 1.54) is 17.1 Å². The maximum atomic E-state index is 11.7. The minimum absolute atomic E-state index is 0.0365. The number of carbonyl (C=O) groups is 1. The third kappa shape index (κ3) is 4.45. The molecule has 8 N–H and O–H groups in total. The number of amides is 1. The Morgan fingerprint density at radius 3 is 2.90 bits per heavy atom. The van der Waals surface area contributed by atoms with Gasteiger partial charge >= 0.3 is 0 Å². The molecule has 12 nitrogen and oxygen atoms in total. The van der Waals surface area contributed by atoms with Crippen LogP contribution in [0.4, 0.5) is 11.5 Å². The number of nitrogens with two attached hydrogens (primary N) is 2. The molecule has 1 saturated carbocycles. The Bertz CT molecular complexity index is 1060. The number of fused-ring (bicyclic) bond motifs is 1. The molecule has 3 aromatic rings. The van der Waals surface area contributed by atoms with Gasteiger partial charge in [0.25, 0.3) is 5.91 Å². The number of aliphatic hydroxyl groups excluding tert-OH is 2. The standard InChI is InChI=1S/C19H27N9O3/c20-12-3-1-2-4-13(12)23-15-5-6-28-18(25-15)11(9-22-28)19(31)24-14-10-27(7-8-29)26-16(14)17(21)30/h5-6,9-10,12-13,19,24,29,31H,1-4,7-8,20H2,(H2,21,30)(H,23,25)/t12-,13+,19?/m0/s1. The molecule has 3 heterocycles. The summed E-state index contributed by atoms with van der Waals surface area (Å²) in [6, 6.07) is 2.04. The number of aromatic nitrogens is 5. The zero-order chi connectivity index (χ0) is 22.0. The summed E-state index contributed by atoms with van der Waals surface area (Å²) in [5.41, 5.74) is 12.7. The van der Waals surface area contributed by atoms with E-state index in [0.717, 1.165) is 25.7 Å². The van der Waals surface area contributed by atoms with Gasteiger partial charge < -0.3 is 32.3 Å². The second-order valence-corrected chi connectivity index (χ2v) is 7.67. The Balaban J connectivity index is 1.57. The van der Waals surface area contributed by atoms with E-state index in [4.69, 9.17) is 16.6 Å². The van der Waals surface area contributed by atoms with Gasteiger partial charge in [-0.2, -0.15) is 10.2 Å². The molecule has 1 amide bonds. The Morgan fingerprint density at radius 1 is 1.35 bits per heavy atom. The number of anilines is 2. The highest BCUT2D eigenvalue weighted by atomic mass is 16.3. The summed E-state index contributed by atoms with van der Waals surface area (Å²) in [5, 5.41) is 34.4. The smallest absolute Gasteiger partial charge is 0.271 e. The number of hydrogen-bond acceptors (Lipinski definition) is 9. The van der Waals surface area contributed by atoms with Crippen LogP contribution in [0.3, 0.4) is 0 Å². The van der Waals surface area contributed by atoms with E-state index in [2.05, 4.69) is 25.8 Å². The molecule has 0 saturated heterocycles. The number of hydrogen-bond donors (Lipinski definition) is 6. The normalized spacial score (nSPS) is 20.0. The van der Waals surface area contributed by atoms with E-state index in [1.54, 1.807) is 10.7 Å². The van der Waals surface area contributed by atoms with Crippen molar-refractivity contribution in [1.82, 2.24) is 24.4 Å². The van der Waals surface area contributed by atoms with Crippen LogP contribution in [0.15, 0.2) is 24.7 Å². The van der Waals surface area contributed by atoms with E-state index < -0.39 is 12.1 Å². The Morgan fingerprint density at radius 2 is 2.16 bits per heavy atom. The molecule has 0 bridgehead atoms. The van der Waals surface area contributed by atoms with Crippen molar-refractivity contribution in [2.45, 2.75) is 50.5 Å². The second-order valence-electron chi connectivity index (χ2n) is 7.67. The largest absolute Gasteiger partial charge is 0.394 e. The number of primary amides is 1. The highest BCUT2D eigenvalue weighted by molar-refractivity contribution is 5.96. The molecule has 166 valence electrons. The fourth-order valence-corrected chi connectivity index (χ4v) is 3.84. The number of nitrogens with one attached hydrogen (secondary N) is 2. The summed E-state index contributed by atoms with van der Waals surface area (Å²) >= 11 is 0. The molecule has 3 aromatic heterocycles. The van der Waals surface area contributed by atoms with Gasteiger partial charge in [0.2, 0.25) is 0 Å². The van der Waals surface area contributed by atoms with Gasteiger partial charge in [0.15, 0.2) is 17.6 Å². The van der Waals surface area contributed by atoms with E-state index >= 15 is 0 Å². The predicted octanol–water partition coefficient (Wildman–Crippen LogP) is -0.198. The molecule has 0 radical (unpaired) electrons. The quantitative estimate of drug-likeness (QED) is 0.264. The zero-order valence-electron chi connectivity index (χ0n) is 17.0. The van der Waals surface area contributed by atoms with Crippen molar-refractivity contribution in [3.63, 3.8) is 0 Å². The van der Waals surface area contributed by atoms with Crippen molar-refractivity contribution in [2.75, 3.05) is 17.2 Å². The maximum Gasteiger partial charge on any atom is 0.271 e. The molecule has 31 heavy (non-hydrogen) atoms. The Kier molecular flexibility index (Phi) is 6.02. The summed E-state index contributed by atoms with van der Waals surface area (Å²) in [4.78, 5) is 16.3. The summed E-state index contributed by atoms with van der Waals surface area (Å²) in [6.45, 7) is 0.0366. The minimum Gasteiger partial charge on any atom is -0.394 e. The van der Waals surface area contributed by atoms with Gasteiger partial charge in [0, 0.05) is 24.5 Å². The van der Waals surface area contributed by atoms with E-state index in [1.807, 2.05) is 6.07 Å². The van der Waals surface area contributed by atoms with Gasteiger partial charge in [-0.05, 0) is 18.9 Å². The molecule has 1 fully saturated rings. The summed E-state index contributed by atoms with van der Waals surface area (Å²) in [6.07, 6.45) is 7.75. The highest BCUT2D eigenvalue weighted by Crippen LogP contribution is 2.25. The Labute approximate surface area is 178 Å². The first kappa shape index (κ1) is 21.0. The highest BCUT2D eigenvalue weighted by Gasteiger charge is 2.23. The van der Waals surface area contributed by atoms with Crippen molar-refractivity contribution < 1.29 is 15.0 Å². The summed E-state index contributed by atoms with van der Waals surface area (Å²) in [7, 11) is 0. The van der Waals surface area contributed by atoms with Crippen molar-refractivity contribution in [2.24, 2.45) is 11.5 Å². The fraction of sp³-hybridized carbons (Fsp3) is 0.474. The van der Waals surface area contributed by atoms with Crippen LogP contribution in [0.5, 0.6) is 0 Å². The van der Waals surface area contributed by atoms with Crippen LogP contribution in [-0.4, -0.2) is 59.2 Å². The van der Waals surface area contributed by atoms with Crippen LogP contribution in [0.2, 0.25) is 0 Å². The molecule has 1 unspecified atom stereocenters. The van der Waals surface area contributed by atoms with Crippen molar-refractivity contribution >= 4 is 23.1 Å². The van der Waals surface area contributed by atoms with Gasteiger partial charge in [-0.15, -0.1) is 0 Å². The van der Waals surface area contributed by atoms with E-state index in [9.17, 15) is 9.90 Å². The fourth-order valence-electron chi connectivity index (χ4n) is 3.84. The first-order chi connectivity index (χ1) is 15.0. The van der Waals surface area contributed by atoms with Crippen LogP contribution in [0, 0.1) is 0 Å². The van der Waals surface area contributed by atoms with Crippen molar-refractivity contribution in [3.05, 3.63) is 35.9 Å². The number of rotatable bonds is 8. The molecule has 12 heteroatoms. The minimum atomic E-state index is -1.22. The van der Waals surface area contributed by atoms with E-state index in [0.29, 0.717) is 17.0 Å². The van der Waals surface area contributed by atoms with E-state index in [-0.39, 0.29) is 36.6 Å². The average Bonchev–Trinajstić information content (AvgIpc) is 3.34. The molecule has 0 aromatic carbocycles. The summed E-state index contributed by atoms with van der Waals surface area (Å²) in [5.74, 6) is -0.0999. The molecule has 4 rings (SSSR count). The van der Waals surface area contributed by atoms with Crippen LogP contribution in [-0.2, 0) is 6.54 Å². The third-order valence-corrected chi connectivity index (χ3v) is 5.46. The monoisotopic (exact) mass is 429 g/mol. The Hall–Kier alpha value is -3.22. The van der Waals surface area contributed by atoms with Crippen LogP contribution >= 0.6 is 0 Å². The molecular weight excluding hydrogens is 402 g/mol. The predicted molar refractivity (Wildman–Crippen MR) is 113 cm³/mol. The molecule has 3 atom stereocenters. The second kappa shape index (κ2) is 8.88. The van der Waals surface area contributed by atoms with Gasteiger partial charge in [0.05, 0.1) is 30.6 Å². The van der Waals surface area contributed by atoms with Gasteiger partial charge in [0.1, 0.15) is 5.82 Å². The molecule has 1 aliphatic rings.